The number of benzene rings is 3. The van der Waals surface area contributed by atoms with E-state index in [0.717, 1.165) is 17.0 Å². The highest BCUT2D eigenvalue weighted by molar-refractivity contribution is 6.46. The predicted molar refractivity (Wildman–Crippen MR) is 125 cm³/mol. The van der Waals surface area contributed by atoms with E-state index in [2.05, 4.69) is 0 Å². The minimum Gasteiger partial charge on any atom is -0.507 e. The molecule has 0 radical (unpaired) electrons. The highest BCUT2D eigenvalue weighted by Gasteiger charge is 2.46. The zero-order valence-corrected chi connectivity index (χ0v) is 19.4. The molecule has 1 unspecified atom stereocenters. The summed E-state index contributed by atoms with van der Waals surface area (Å²) in [6, 6.07) is 16.4. The van der Waals surface area contributed by atoms with Crippen molar-refractivity contribution in [2.75, 3.05) is 14.2 Å². The standard InChI is InChI=1S/C27H22F3NO5/c1-35-20-11-9-17(10-12-20)23-22(24(32)18-6-4-8-21(14-18)36-2)25(33)26(34)31(23)15-16-5-3-7-19(13-16)27(28,29)30/h3-14,23,32H,15H2,1-2H3/b24-22+. The maximum Gasteiger partial charge on any atom is 0.416 e. The molecule has 1 atom stereocenters. The van der Waals surface area contributed by atoms with Gasteiger partial charge in [0.05, 0.1) is 31.4 Å². The lowest BCUT2D eigenvalue weighted by Crippen LogP contribution is -2.29. The third-order valence-electron chi connectivity index (χ3n) is 5.92. The second-order valence-corrected chi connectivity index (χ2v) is 8.13. The number of ketones is 1. The number of carbonyl (C=O) groups excluding carboxylic acids is 2. The molecule has 6 nitrogen and oxygen atoms in total. The van der Waals surface area contributed by atoms with Crippen LogP contribution in [0.25, 0.3) is 5.76 Å². The van der Waals surface area contributed by atoms with Crippen LogP contribution in [0.5, 0.6) is 11.5 Å². The number of alkyl halides is 3. The molecule has 1 heterocycles. The molecule has 1 amide bonds. The number of rotatable bonds is 6. The van der Waals surface area contributed by atoms with Crippen LogP contribution in [0.1, 0.15) is 28.3 Å². The van der Waals surface area contributed by atoms with Gasteiger partial charge in [0.15, 0.2) is 0 Å². The van der Waals surface area contributed by atoms with Crippen LogP contribution < -0.4 is 9.47 Å². The van der Waals surface area contributed by atoms with Crippen molar-refractivity contribution in [2.24, 2.45) is 0 Å². The molecular weight excluding hydrogens is 475 g/mol. The molecule has 0 spiro atoms. The summed E-state index contributed by atoms with van der Waals surface area (Å²) >= 11 is 0. The Kier molecular flexibility index (Phi) is 6.74. The minimum atomic E-state index is -4.56. The minimum absolute atomic E-state index is 0.176. The fourth-order valence-corrected chi connectivity index (χ4v) is 4.14. The molecule has 0 saturated carbocycles. The van der Waals surface area contributed by atoms with Crippen molar-refractivity contribution in [1.29, 1.82) is 0 Å². The molecule has 1 saturated heterocycles. The average Bonchev–Trinajstić information content (AvgIpc) is 3.13. The molecule has 4 rings (SSSR count). The maximum absolute atomic E-state index is 13.3. The number of Topliss-reactive ketones (excluding diaryl/α,β-unsaturated/α-hetero) is 1. The van der Waals surface area contributed by atoms with Gasteiger partial charge in [0.1, 0.15) is 17.3 Å². The number of aliphatic hydroxyl groups excluding tert-OH is 1. The normalized spacial score (nSPS) is 17.4. The van der Waals surface area contributed by atoms with E-state index in [-0.39, 0.29) is 23.2 Å². The van der Waals surface area contributed by atoms with Gasteiger partial charge in [-0.2, -0.15) is 13.2 Å². The van der Waals surface area contributed by atoms with Gasteiger partial charge in [-0.1, -0.05) is 36.4 Å². The third-order valence-corrected chi connectivity index (χ3v) is 5.92. The van der Waals surface area contributed by atoms with Crippen LogP contribution in [-0.4, -0.2) is 35.9 Å². The van der Waals surface area contributed by atoms with Crippen LogP contribution in [-0.2, 0) is 22.3 Å². The topological polar surface area (TPSA) is 76.1 Å². The Labute approximate surface area is 205 Å². The maximum atomic E-state index is 13.3. The van der Waals surface area contributed by atoms with Crippen molar-refractivity contribution in [2.45, 2.75) is 18.8 Å². The second-order valence-electron chi connectivity index (χ2n) is 8.13. The van der Waals surface area contributed by atoms with Crippen molar-refractivity contribution < 1.29 is 37.3 Å². The second kappa shape index (κ2) is 9.77. The predicted octanol–water partition coefficient (Wildman–Crippen LogP) is 5.34. The van der Waals surface area contributed by atoms with E-state index in [0.29, 0.717) is 17.1 Å². The van der Waals surface area contributed by atoms with E-state index in [4.69, 9.17) is 9.47 Å². The third kappa shape index (κ3) is 4.77. The average molecular weight is 497 g/mol. The number of carbonyl (C=O) groups is 2. The van der Waals surface area contributed by atoms with Crippen LogP contribution in [0.2, 0.25) is 0 Å². The van der Waals surface area contributed by atoms with Gasteiger partial charge in [0, 0.05) is 12.1 Å². The van der Waals surface area contributed by atoms with Crippen LogP contribution in [0.15, 0.2) is 78.4 Å². The summed E-state index contributed by atoms with van der Waals surface area (Å²) in [4.78, 5) is 27.4. The Morgan fingerprint density at radius 1 is 0.917 bits per heavy atom. The molecule has 1 N–H and O–H groups in total. The smallest absolute Gasteiger partial charge is 0.416 e. The van der Waals surface area contributed by atoms with E-state index < -0.39 is 35.2 Å². The Hall–Kier alpha value is -4.27. The lowest BCUT2D eigenvalue weighted by atomic mass is 9.95. The highest BCUT2D eigenvalue weighted by Crippen LogP contribution is 2.41. The van der Waals surface area contributed by atoms with Crippen molar-refractivity contribution in [3.8, 4) is 11.5 Å². The Bertz CT molecular complexity index is 1330. The number of methoxy groups -OCH3 is 2. The monoisotopic (exact) mass is 497 g/mol. The summed E-state index contributed by atoms with van der Waals surface area (Å²) in [7, 11) is 2.93. The van der Waals surface area contributed by atoms with Crippen molar-refractivity contribution >= 4 is 17.4 Å². The van der Waals surface area contributed by atoms with Gasteiger partial charge in [-0.05, 0) is 47.5 Å². The lowest BCUT2D eigenvalue weighted by molar-refractivity contribution is -0.140. The van der Waals surface area contributed by atoms with Gasteiger partial charge in [-0.15, -0.1) is 0 Å². The largest absolute Gasteiger partial charge is 0.507 e. The molecule has 3 aromatic rings. The first-order valence-electron chi connectivity index (χ1n) is 10.9. The van der Waals surface area contributed by atoms with E-state index in [1.54, 1.807) is 42.5 Å². The van der Waals surface area contributed by atoms with E-state index in [9.17, 15) is 27.9 Å². The fraction of sp³-hybridized carbons (Fsp3) is 0.185. The van der Waals surface area contributed by atoms with Gasteiger partial charge in [-0.25, -0.2) is 0 Å². The van der Waals surface area contributed by atoms with Crippen LogP contribution in [0, 0.1) is 0 Å². The number of hydrogen-bond acceptors (Lipinski definition) is 5. The number of nitrogens with zero attached hydrogens (tertiary/aromatic N) is 1. The number of likely N-dealkylation sites (tertiary alicyclic amines) is 1. The van der Waals surface area contributed by atoms with Gasteiger partial charge in [-0.3, -0.25) is 9.59 Å². The summed E-state index contributed by atoms with van der Waals surface area (Å²) in [5.41, 5.74) is -0.123. The molecule has 36 heavy (non-hydrogen) atoms. The summed E-state index contributed by atoms with van der Waals surface area (Å²) in [5.74, 6) is -1.33. The zero-order chi connectivity index (χ0) is 26.0. The Morgan fingerprint density at radius 2 is 1.58 bits per heavy atom. The molecule has 0 aliphatic carbocycles. The number of aliphatic hydroxyl groups is 1. The zero-order valence-electron chi connectivity index (χ0n) is 19.4. The van der Waals surface area contributed by atoms with Crippen molar-refractivity contribution in [3.63, 3.8) is 0 Å². The summed E-state index contributed by atoms with van der Waals surface area (Å²) in [5, 5.41) is 11.1. The quantitative estimate of drug-likeness (QED) is 0.283. The molecule has 9 heteroatoms. The molecule has 1 aliphatic heterocycles. The molecule has 0 aromatic heterocycles. The van der Waals surface area contributed by atoms with Gasteiger partial charge < -0.3 is 19.5 Å². The van der Waals surface area contributed by atoms with Crippen LogP contribution in [0.4, 0.5) is 13.2 Å². The highest BCUT2D eigenvalue weighted by atomic mass is 19.4. The Balaban J connectivity index is 1.84. The molecule has 1 fully saturated rings. The van der Waals surface area contributed by atoms with Gasteiger partial charge in [0.25, 0.3) is 11.7 Å². The van der Waals surface area contributed by atoms with Gasteiger partial charge in [0.2, 0.25) is 0 Å². The molecular formula is C27H22F3NO5. The first-order valence-corrected chi connectivity index (χ1v) is 10.9. The summed E-state index contributed by atoms with van der Waals surface area (Å²) in [6.07, 6.45) is -4.56. The molecule has 3 aromatic carbocycles. The van der Waals surface area contributed by atoms with Crippen molar-refractivity contribution in [1.82, 2.24) is 4.90 Å². The van der Waals surface area contributed by atoms with E-state index >= 15 is 0 Å². The molecule has 1 aliphatic rings. The Morgan fingerprint density at radius 3 is 2.22 bits per heavy atom. The SMILES string of the molecule is COc1ccc(C2/C(=C(\O)c3cccc(OC)c3)C(=O)C(=O)N2Cc2cccc(C(F)(F)F)c2)cc1. The van der Waals surface area contributed by atoms with Gasteiger partial charge >= 0.3 is 6.18 Å². The van der Waals surface area contributed by atoms with E-state index in [1.807, 2.05) is 0 Å². The lowest BCUT2D eigenvalue weighted by Gasteiger charge is -2.26. The number of ether oxygens (including phenoxy) is 2. The number of amides is 1. The fourth-order valence-electron chi connectivity index (χ4n) is 4.14. The summed E-state index contributed by atoms with van der Waals surface area (Å²) in [6.45, 7) is -0.278. The number of halogens is 3. The molecule has 186 valence electrons. The van der Waals surface area contributed by atoms with Crippen molar-refractivity contribution in [3.05, 3.63) is 101 Å². The van der Waals surface area contributed by atoms with Crippen LogP contribution in [0.3, 0.4) is 0 Å². The first kappa shape index (κ1) is 24.8. The summed E-state index contributed by atoms with van der Waals surface area (Å²) < 4.78 is 50.1. The molecule has 0 bridgehead atoms. The van der Waals surface area contributed by atoms with Crippen LogP contribution >= 0.6 is 0 Å². The first-order chi connectivity index (χ1) is 17.1. The number of hydrogen-bond donors (Lipinski definition) is 1. The van der Waals surface area contributed by atoms with E-state index in [1.165, 1.54) is 32.4 Å².